The minimum atomic E-state index is -5.12. The van der Waals surface area contributed by atoms with E-state index in [0.717, 1.165) is 6.26 Å². The number of alkyl halides is 3. The number of likely N-dealkylation sites (tertiary alicyclic amines) is 1. The summed E-state index contributed by atoms with van der Waals surface area (Å²) in [6.45, 7) is 1.46. The van der Waals surface area contributed by atoms with Crippen LogP contribution >= 0.6 is 0 Å². The van der Waals surface area contributed by atoms with Crippen LogP contribution < -0.4 is 5.73 Å². The number of aliphatic hydroxyl groups is 1. The number of nitrogens with zero attached hydrogens (tertiary/aromatic N) is 1. The summed E-state index contributed by atoms with van der Waals surface area (Å²) in [5.74, 6) is -4.71. The maximum atomic E-state index is 15.3. The summed E-state index contributed by atoms with van der Waals surface area (Å²) in [6, 6.07) is 4.78. The lowest BCUT2D eigenvalue weighted by Gasteiger charge is -2.54. The fourth-order valence-corrected chi connectivity index (χ4v) is 7.78. The molecule has 0 radical (unpaired) electrons. The first-order valence-corrected chi connectivity index (χ1v) is 14.4. The third-order valence-corrected chi connectivity index (χ3v) is 9.68. The van der Waals surface area contributed by atoms with Gasteiger partial charge in [0.25, 0.3) is 5.91 Å². The second-order valence-corrected chi connectivity index (χ2v) is 13.8. The van der Waals surface area contributed by atoms with Gasteiger partial charge in [0.05, 0.1) is 16.1 Å². The molecule has 1 heterocycles. The lowest BCUT2D eigenvalue weighted by atomic mass is 9.53. The molecule has 3 aliphatic rings. The van der Waals surface area contributed by atoms with Gasteiger partial charge in [0.15, 0.2) is 9.84 Å². The predicted molar refractivity (Wildman–Crippen MR) is 132 cm³/mol. The standard InChI is InChI=1S/C27H27F5N2O5S/c1-24(37)11-25(12-24,17-8-20(29)18(9-19(17)28)27(30,31)32)13-26-10-15(26)7-21(22(33)35)34(26)23(36)14-4-3-5-16(6-14)40(2,38)39/h3-6,8-9,15,21,37H,7,10-13H2,1-2H3,(H2,33,35)/t15-,21-,24?,25?,26-/m1/s1. The average Bonchev–Trinajstić information content (AvgIpc) is 3.39. The van der Waals surface area contributed by atoms with E-state index in [4.69, 9.17) is 5.73 Å². The molecule has 3 atom stereocenters. The second-order valence-electron chi connectivity index (χ2n) is 11.8. The second kappa shape index (κ2) is 8.72. The lowest BCUT2D eigenvalue weighted by molar-refractivity contribution is -0.140. The van der Waals surface area contributed by atoms with Crippen LogP contribution in [0.3, 0.4) is 0 Å². The quantitative estimate of drug-likeness (QED) is 0.501. The molecule has 2 aromatic rings. The Kier molecular flexibility index (Phi) is 6.20. The van der Waals surface area contributed by atoms with E-state index in [1.165, 1.54) is 36.1 Å². The van der Waals surface area contributed by atoms with Gasteiger partial charge in [-0.05, 0) is 80.8 Å². The minimum absolute atomic E-state index is 0.0255. The van der Waals surface area contributed by atoms with E-state index >= 15 is 4.39 Å². The van der Waals surface area contributed by atoms with Crippen molar-refractivity contribution in [1.29, 1.82) is 0 Å². The molecule has 3 N–H and O–H groups in total. The van der Waals surface area contributed by atoms with Gasteiger partial charge in [-0.15, -0.1) is 0 Å². The zero-order valence-electron chi connectivity index (χ0n) is 21.6. The Bertz CT molecular complexity index is 1530. The molecule has 216 valence electrons. The number of carbonyl (C=O) groups is 2. The van der Waals surface area contributed by atoms with Crippen molar-refractivity contribution in [3.8, 4) is 0 Å². The normalized spacial score (nSPS) is 31.4. The highest BCUT2D eigenvalue weighted by molar-refractivity contribution is 7.90. The molecule has 0 spiro atoms. The van der Waals surface area contributed by atoms with Crippen molar-refractivity contribution in [2.75, 3.05) is 6.26 Å². The zero-order valence-corrected chi connectivity index (χ0v) is 22.4. The number of hydrogen-bond acceptors (Lipinski definition) is 5. The van der Waals surface area contributed by atoms with E-state index < -0.39 is 67.6 Å². The van der Waals surface area contributed by atoms with Crippen molar-refractivity contribution in [3.05, 3.63) is 64.7 Å². The lowest BCUT2D eigenvalue weighted by Crippen LogP contribution is -2.58. The summed E-state index contributed by atoms with van der Waals surface area (Å²) >= 11 is 0. The molecule has 1 saturated heterocycles. The smallest absolute Gasteiger partial charge is 0.390 e. The third kappa shape index (κ3) is 4.56. The van der Waals surface area contributed by atoms with E-state index in [0.29, 0.717) is 12.5 Å². The number of fused-ring (bicyclic) bond motifs is 1. The molecule has 0 unspecified atom stereocenters. The molecule has 0 bridgehead atoms. The molecule has 5 rings (SSSR count). The Labute approximate surface area is 227 Å². The Morgan fingerprint density at radius 3 is 2.33 bits per heavy atom. The fourth-order valence-electron chi connectivity index (χ4n) is 7.11. The van der Waals surface area contributed by atoms with Crippen LogP contribution in [0, 0.1) is 17.6 Å². The van der Waals surface area contributed by atoms with Crippen molar-refractivity contribution in [2.45, 2.75) is 72.7 Å². The van der Waals surface area contributed by atoms with Crippen LogP contribution in [0.1, 0.15) is 60.5 Å². The number of benzene rings is 2. The SMILES string of the molecule is CC1(O)CC(C[C@]23C[C@H]2C[C@H](C(N)=O)N3C(=O)c2cccc(S(C)(=O)=O)c2)(c2cc(F)c(C(F)(F)F)cc2F)C1. The van der Waals surface area contributed by atoms with Gasteiger partial charge in [-0.2, -0.15) is 13.2 Å². The van der Waals surface area contributed by atoms with Gasteiger partial charge < -0.3 is 15.7 Å². The van der Waals surface area contributed by atoms with Crippen LogP contribution in [0.5, 0.6) is 0 Å². The van der Waals surface area contributed by atoms with Crippen LogP contribution in [-0.2, 0) is 26.2 Å². The first-order chi connectivity index (χ1) is 18.3. The summed E-state index contributed by atoms with van der Waals surface area (Å²) in [5.41, 5.74) is -0.253. The van der Waals surface area contributed by atoms with E-state index in [1.807, 2.05) is 0 Å². The average molecular weight is 587 g/mol. The van der Waals surface area contributed by atoms with Crippen molar-refractivity contribution in [1.82, 2.24) is 4.90 Å². The highest BCUT2D eigenvalue weighted by Gasteiger charge is 2.71. The largest absolute Gasteiger partial charge is 0.419 e. The number of halogens is 5. The number of carbonyl (C=O) groups excluding carboxylic acids is 2. The van der Waals surface area contributed by atoms with Gasteiger partial charge in [0.2, 0.25) is 5.91 Å². The van der Waals surface area contributed by atoms with Crippen molar-refractivity contribution in [2.24, 2.45) is 11.7 Å². The molecule has 1 aliphatic heterocycles. The number of hydrogen-bond donors (Lipinski definition) is 2. The van der Waals surface area contributed by atoms with Gasteiger partial charge in [-0.1, -0.05) is 6.07 Å². The monoisotopic (exact) mass is 586 g/mol. The molecular weight excluding hydrogens is 559 g/mol. The molecule has 3 fully saturated rings. The highest BCUT2D eigenvalue weighted by atomic mass is 32.2. The summed E-state index contributed by atoms with van der Waals surface area (Å²) in [4.78, 5) is 27.4. The minimum Gasteiger partial charge on any atom is -0.390 e. The highest BCUT2D eigenvalue weighted by Crippen LogP contribution is 2.67. The zero-order chi connectivity index (χ0) is 29.6. The maximum Gasteiger partial charge on any atom is 0.419 e. The van der Waals surface area contributed by atoms with Gasteiger partial charge in [0, 0.05) is 22.8 Å². The molecule has 2 aliphatic carbocycles. The van der Waals surface area contributed by atoms with Crippen LogP contribution in [0.25, 0.3) is 0 Å². The molecule has 2 saturated carbocycles. The Hall–Kier alpha value is -3.06. The predicted octanol–water partition coefficient (Wildman–Crippen LogP) is 3.72. The number of nitrogens with two attached hydrogens (primary N) is 1. The fraction of sp³-hybridized carbons (Fsp3) is 0.481. The van der Waals surface area contributed by atoms with Crippen LogP contribution in [0.2, 0.25) is 0 Å². The summed E-state index contributed by atoms with van der Waals surface area (Å²) in [6.07, 6.45) is -3.91. The number of rotatable bonds is 6. The van der Waals surface area contributed by atoms with Gasteiger partial charge in [-0.3, -0.25) is 9.59 Å². The number of sulfone groups is 1. The van der Waals surface area contributed by atoms with E-state index in [2.05, 4.69) is 0 Å². The van der Waals surface area contributed by atoms with Crippen LogP contribution in [-0.4, -0.2) is 53.7 Å². The topological polar surface area (TPSA) is 118 Å². The molecule has 7 nitrogen and oxygen atoms in total. The number of piperidine rings is 1. The molecule has 13 heteroatoms. The van der Waals surface area contributed by atoms with Crippen molar-refractivity contribution >= 4 is 21.7 Å². The first-order valence-electron chi connectivity index (χ1n) is 12.5. The summed E-state index contributed by atoms with van der Waals surface area (Å²) < 4.78 is 93.7. The van der Waals surface area contributed by atoms with Crippen LogP contribution in [0.15, 0.2) is 41.3 Å². The maximum absolute atomic E-state index is 15.3. The molecule has 40 heavy (non-hydrogen) atoms. The number of amides is 2. The summed E-state index contributed by atoms with van der Waals surface area (Å²) in [5, 5.41) is 10.6. The van der Waals surface area contributed by atoms with E-state index in [1.54, 1.807) is 0 Å². The molecular formula is C27H27F5N2O5S. The van der Waals surface area contributed by atoms with E-state index in [9.17, 15) is 40.7 Å². The van der Waals surface area contributed by atoms with Crippen LogP contribution in [0.4, 0.5) is 22.0 Å². The van der Waals surface area contributed by atoms with E-state index in [-0.39, 0.29) is 53.7 Å². The van der Waals surface area contributed by atoms with Gasteiger partial charge in [0.1, 0.15) is 17.7 Å². The molecule has 0 aromatic heterocycles. The third-order valence-electron chi connectivity index (χ3n) is 8.57. The Balaban J connectivity index is 1.58. The van der Waals surface area contributed by atoms with Crippen molar-refractivity contribution in [3.63, 3.8) is 0 Å². The molecule has 2 aromatic carbocycles. The summed E-state index contributed by atoms with van der Waals surface area (Å²) in [7, 11) is -3.67. The van der Waals surface area contributed by atoms with Gasteiger partial charge >= 0.3 is 6.18 Å². The van der Waals surface area contributed by atoms with Crippen molar-refractivity contribution < 1.29 is 45.1 Å². The Morgan fingerprint density at radius 2 is 1.77 bits per heavy atom. The Morgan fingerprint density at radius 1 is 1.12 bits per heavy atom. The first kappa shape index (κ1) is 28.5. The molecule has 2 amide bonds. The van der Waals surface area contributed by atoms with Gasteiger partial charge in [-0.25, -0.2) is 17.2 Å². The number of primary amides is 1.